The number of hydrogen-bond donors (Lipinski definition) is 2. The Morgan fingerprint density at radius 2 is 1.70 bits per heavy atom. The summed E-state index contributed by atoms with van der Waals surface area (Å²) in [6, 6.07) is 14.7. The molecule has 2 N–H and O–H groups in total. The monoisotopic (exact) mass is 311 g/mol. The lowest BCUT2D eigenvalue weighted by molar-refractivity contribution is 0.0697. The van der Waals surface area contributed by atoms with E-state index in [1.165, 1.54) is 5.69 Å². The maximum absolute atomic E-state index is 10.8. The van der Waals surface area contributed by atoms with Crippen LogP contribution in [0.2, 0.25) is 0 Å². The average molecular weight is 311 g/mol. The van der Waals surface area contributed by atoms with Crippen molar-refractivity contribution >= 4 is 23.6 Å². The minimum atomic E-state index is -0.937. The van der Waals surface area contributed by atoms with E-state index in [4.69, 9.17) is 5.11 Å². The molecule has 0 spiro atoms. The lowest BCUT2D eigenvalue weighted by atomic mass is 10.2. The highest BCUT2D eigenvalue weighted by atomic mass is 16.4. The predicted octanol–water partition coefficient (Wildman–Crippen LogP) is 3.68. The summed E-state index contributed by atoms with van der Waals surface area (Å²) in [4.78, 5) is 13.1. The molecule has 0 saturated heterocycles. The second-order valence-electron chi connectivity index (χ2n) is 5.02. The number of rotatable bonds is 7. The first kappa shape index (κ1) is 16.5. The number of aromatic carboxylic acids is 1. The van der Waals surface area contributed by atoms with Gasteiger partial charge in [0.25, 0.3) is 0 Å². The smallest absolute Gasteiger partial charge is 0.335 e. The molecule has 0 heterocycles. The van der Waals surface area contributed by atoms with Gasteiger partial charge in [-0.1, -0.05) is 12.1 Å². The van der Waals surface area contributed by atoms with Gasteiger partial charge >= 0.3 is 5.97 Å². The van der Waals surface area contributed by atoms with Gasteiger partial charge in [0.2, 0.25) is 0 Å². The lowest BCUT2D eigenvalue weighted by Crippen LogP contribution is -2.21. The molecule has 0 saturated carbocycles. The second kappa shape index (κ2) is 7.98. The molecule has 0 aliphatic heterocycles. The maximum Gasteiger partial charge on any atom is 0.335 e. The first-order valence-electron chi connectivity index (χ1n) is 7.61. The Kier molecular flexibility index (Phi) is 5.74. The Hall–Kier alpha value is -2.82. The summed E-state index contributed by atoms with van der Waals surface area (Å²) in [6.45, 7) is 6.24. The van der Waals surface area contributed by atoms with E-state index >= 15 is 0 Å². The number of carbonyl (C=O) groups is 1. The Morgan fingerprint density at radius 3 is 2.22 bits per heavy atom. The van der Waals surface area contributed by atoms with Crippen molar-refractivity contribution in [3.05, 3.63) is 59.7 Å². The van der Waals surface area contributed by atoms with Gasteiger partial charge in [-0.05, 0) is 55.8 Å². The van der Waals surface area contributed by atoms with E-state index in [0.717, 1.165) is 24.3 Å². The molecule has 5 nitrogen and oxygen atoms in total. The number of anilines is 2. The van der Waals surface area contributed by atoms with Gasteiger partial charge in [0.05, 0.1) is 17.5 Å². The summed E-state index contributed by atoms with van der Waals surface area (Å²) in [6.07, 6.45) is 1.73. The standard InChI is InChI=1S/C18H21N3O2/c1-3-21(4-2)17-11-5-14(6-12-17)13-19-20-16-9-7-15(8-10-16)18(22)23/h5-13,20H,3-4H2,1-2H3,(H,22,23). The minimum absolute atomic E-state index is 0.256. The molecule has 0 aliphatic rings. The highest BCUT2D eigenvalue weighted by Crippen LogP contribution is 2.14. The van der Waals surface area contributed by atoms with Gasteiger partial charge in [0, 0.05) is 18.8 Å². The van der Waals surface area contributed by atoms with Crippen LogP contribution in [0.5, 0.6) is 0 Å². The predicted molar refractivity (Wildman–Crippen MR) is 94.6 cm³/mol. The number of nitrogens with zero attached hydrogens (tertiary/aromatic N) is 2. The first-order chi connectivity index (χ1) is 11.1. The van der Waals surface area contributed by atoms with Gasteiger partial charge in [-0.25, -0.2) is 4.79 Å². The molecule has 120 valence electrons. The summed E-state index contributed by atoms with van der Waals surface area (Å²) in [5.41, 5.74) is 6.08. The molecule has 5 heteroatoms. The molecule has 0 atom stereocenters. The van der Waals surface area contributed by atoms with Crippen molar-refractivity contribution < 1.29 is 9.90 Å². The van der Waals surface area contributed by atoms with Crippen LogP contribution in [0.25, 0.3) is 0 Å². The molecule has 0 fully saturated rings. The normalized spacial score (nSPS) is 10.7. The maximum atomic E-state index is 10.8. The zero-order chi connectivity index (χ0) is 16.7. The van der Waals surface area contributed by atoms with Crippen molar-refractivity contribution in [3.8, 4) is 0 Å². The van der Waals surface area contributed by atoms with Gasteiger partial charge in [0.1, 0.15) is 0 Å². The number of carboxylic acids is 1. The van der Waals surface area contributed by atoms with Crippen LogP contribution >= 0.6 is 0 Å². The summed E-state index contributed by atoms with van der Waals surface area (Å²) < 4.78 is 0. The highest BCUT2D eigenvalue weighted by Gasteiger charge is 2.01. The quantitative estimate of drug-likeness (QED) is 0.605. The molecule has 0 aliphatic carbocycles. The van der Waals surface area contributed by atoms with Crippen LogP contribution in [0.3, 0.4) is 0 Å². The molecule has 0 unspecified atom stereocenters. The minimum Gasteiger partial charge on any atom is -0.478 e. The Morgan fingerprint density at radius 1 is 1.09 bits per heavy atom. The van der Waals surface area contributed by atoms with Crippen LogP contribution in [-0.4, -0.2) is 30.4 Å². The number of hydrazone groups is 1. The van der Waals surface area contributed by atoms with Crippen LogP contribution < -0.4 is 10.3 Å². The molecular formula is C18H21N3O2. The molecular weight excluding hydrogens is 290 g/mol. The largest absolute Gasteiger partial charge is 0.478 e. The van der Waals surface area contributed by atoms with E-state index in [-0.39, 0.29) is 5.56 Å². The summed E-state index contributed by atoms with van der Waals surface area (Å²) in [5, 5.41) is 13.0. The molecule has 2 aromatic carbocycles. The van der Waals surface area contributed by atoms with Crippen molar-refractivity contribution in [3.63, 3.8) is 0 Å². The third kappa shape index (κ3) is 4.57. The third-order valence-electron chi connectivity index (χ3n) is 3.56. The summed E-state index contributed by atoms with van der Waals surface area (Å²) >= 11 is 0. The molecule has 2 aromatic rings. The molecule has 0 bridgehead atoms. The number of benzene rings is 2. The molecule has 0 amide bonds. The van der Waals surface area contributed by atoms with Gasteiger partial charge in [-0.3, -0.25) is 5.43 Å². The van der Waals surface area contributed by atoms with Crippen molar-refractivity contribution in [2.45, 2.75) is 13.8 Å². The molecule has 0 aromatic heterocycles. The van der Waals surface area contributed by atoms with E-state index in [1.807, 2.05) is 12.1 Å². The van der Waals surface area contributed by atoms with Gasteiger partial charge in [-0.15, -0.1) is 0 Å². The zero-order valence-electron chi connectivity index (χ0n) is 13.4. The van der Waals surface area contributed by atoms with Gasteiger partial charge in [-0.2, -0.15) is 5.10 Å². The van der Waals surface area contributed by atoms with Gasteiger partial charge < -0.3 is 10.0 Å². The third-order valence-corrected chi connectivity index (χ3v) is 3.56. The van der Waals surface area contributed by atoms with Gasteiger partial charge in [0.15, 0.2) is 0 Å². The van der Waals surface area contributed by atoms with E-state index < -0.39 is 5.97 Å². The summed E-state index contributed by atoms with van der Waals surface area (Å²) in [7, 11) is 0. The molecule has 23 heavy (non-hydrogen) atoms. The number of carboxylic acid groups (broad SMARTS) is 1. The Bertz CT molecular complexity index is 660. The van der Waals surface area contributed by atoms with Crippen LogP contribution in [0.15, 0.2) is 53.6 Å². The fourth-order valence-corrected chi connectivity index (χ4v) is 2.23. The van der Waals surface area contributed by atoms with Crippen LogP contribution in [0.1, 0.15) is 29.8 Å². The Labute approximate surface area is 136 Å². The van der Waals surface area contributed by atoms with Crippen LogP contribution in [0.4, 0.5) is 11.4 Å². The van der Waals surface area contributed by atoms with E-state index in [1.54, 1.807) is 30.5 Å². The van der Waals surface area contributed by atoms with Crippen molar-refractivity contribution in [2.24, 2.45) is 5.10 Å². The SMILES string of the molecule is CCN(CC)c1ccc(C=NNc2ccc(C(=O)O)cc2)cc1. The van der Waals surface area contributed by atoms with E-state index in [2.05, 4.69) is 41.4 Å². The second-order valence-corrected chi connectivity index (χ2v) is 5.02. The number of hydrogen-bond acceptors (Lipinski definition) is 4. The van der Waals surface area contributed by atoms with Crippen molar-refractivity contribution in [1.82, 2.24) is 0 Å². The number of nitrogens with one attached hydrogen (secondary N) is 1. The first-order valence-corrected chi connectivity index (χ1v) is 7.61. The van der Waals surface area contributed by atoms with E-state index in [9.17, 15) is 4.79 Å². The highest BCUT2D eigenvalue weighted by molar-refractivity contribution is 5.88. The lowest BCUT2D eigenvalue weighted by Gasteiger charge is -2.20. The molecule has 0 radical (unpaired) electrons. The Balaban J connectivity index is 1.96. The van der Waals surface area contributed by atoms with Crippen LogP contribution in [0, 0.1) is 0 Å². The van der Waals surface area contributed by atoms with Crippen molar-refractivity contribution in [1.29, 1.82) is 0 Å². The fourth-order valence-electron chi connectivity index (χ4n) is 2.23. The van der Waals surface area contributed by atoms with E-state index in [0.29, 0.717) is 0 Å². The van der Waals surface area contributed by atoms with Crippen molar-refractivity contribution in [2.75, 3.05) is 23.4 Å². The fraction of sp³-hybridized carbons (Fsp3) is 0.222. The average Bonchev–Trinajstić information content (AvgIpc) is 2.58. The van der Waals surface area contributed by atoms with Crippen LogP contribution in [-0.2, 0) is 0 Å². The summed E-state index contributed by atoms with van der Waals surface area (Å²) in [5.74, 6) is -0.937. The topological polar surface area (TPSA) is 64.9 Å². The zero-order valence-corrected chi connectivity index (χ0v) is 13.4. The molecule has 2 rings (SSSR count).